The first-order valence-electron chi connectivity index (χ1n) is 9.15. The van der Waals surface area contributed by atoms with E-state index in [4.69, 9.17) is 16.6 Å². The Morgan fingerprint density at radius 3 is 3.04 bits per heavy atom. The predicted molar refractivity (Wildman–Crippen MR) is 119 cm³/mol. The number of likely N-dealkylation sites (N-methyl/N-ethyl adjacent to an activating group) is 1. The number of aromatic amines is 1. The standard InChI is InChI=1S/C19H20ClIN6O/c1-3-22-18(28)19(2)5-4-6-27(19)17-14(21)10-25-16(26-17)13-9-24-15-12(13)7-11(20)8-23-15/h7-10H,3-6H2,1-2H3,(H,22,28)(H,23,24)/t19-/m1/s1. The number of carbonyl (C=O) groups excluding carboxylic acids is 1. The second kappa shape index (κ2) is 7.47. The van der Waals surface area contributed by atoms with Crippen LogP contribution in [0.25, 0.3) is 22.4 Å². The van der Waals surface area contributed by atoms with Crippen molar-refractivity contribution in [1.29, 1.82) is 0 Å². The minimum absolute atomic E-state index is 0.0338. The van der Waals surface area contributed by atoms with Gasteiger partial charge in [-0.25, -0.2) is 15.0 Å². The van der Waals surface area contributed by atoms with Gasteiger partial charge in [-0.15, -0.1) is 0 Å². The van der Waals surface area contributed by atoms with Gasteiger partial charge in [-0.2, -0.15) is 0 Å². The minimum Gasteiger partial charge on any atom is -0.354 e. The van der Waals surface area contributed by atoms with Gasteiger partial charge in [0.05, 0.1) is 8.59 Å². The SMILES string of the molecule is CCNC(=O)[C@@]1(C)CCCN1c1nc(-c2c[nH]c3ncc(Cl)cc23)ncc1I. The number of hydrogen-bond acceptors (Lipinski definition) is 5. The molecule has 146 valence electrons. The van der Waals surface area contributed by atoms with Gasteiger partial charge in [0.2, 0.25) is 5.91 Å². The molecule has 0 unspecified atom stereocenters. The van der Waals surface area contributed by atoms with Gasteiger partial charge in [-0.3, -0.25) is 4.79 Å². The second-order valence-electron chi connectivity index (χ2n) is 7.01. The van der Waals surface area contributed by atoms with Gasteiger partial charge in [-0.05, 0) is 55.3 Å². The molecular weight excluding hydrogens is 491 g/mol. The Morgan fingerprint density at radius 1 is 1.43 bits per heavy atom. The van der Waals surface area contributed by atoms with Crippen LogP contribution < -0.4 is 10.2 Å². The fourth-order valence-electron chi connectivity index (χ4n) is 3.73. The van der Waals surface area contributed by atoms with Crippen LogP contribution in [0.1, 0.15) is 26.7 Å². The number of anilines is 1. The first kappa shape index (κ1) is 19.4. The van der Waals surface area contributed by atoms with Crippen molar-refractivity contribution in [2.75, 3.05) is 18.0 Å². The van der Waals surface area contributed by atoms with Crippen molar-refractivity contribution in [3.63, 3.8) is 0 Å². The number of carbonyl (C=O) groups is 1. The van der Waals surface area contributed by atoms with Crippen molar-refractivity contribution in [3.05, 3.63) is 33.2 Å². The Kier molecular flexibility index (Phi) is 5.17. The first-order valence-corrected chi connectivity index (χ1v) is 10.6. The van der Waals surface area contributed by atoms with E-state index in [-0.39, 0.29) is 5.91 Å². The molecule has 0 saturated carbocycles. The molecule has 7 nitrogen and oxygen atoms in total. The van der Waals surface area contributed by atoms with Crippen molar-refractivity contribution in [2.24, 2.45) is 0 Å². The number of nitrogens with zero attached hydrogens (tertiary/aromatic N) is 4. The van der Waals surface area contributed by atoms with Crippen molar-refractivity contribution in [3.8, 4) is 11.4 Å². The third-order valence-corrected chi connectivity index (χ3v) is 6.16. The molecular formula is C19H20ClIN6O. The van der Waals surface area contributed by atoms with E-state index in [2.05, 4.69) is 47.8 Å². The highest BCUT2D eigenvalue weighted by molar-refractivity contribution is 14.1. The zero-order valence-electron chi connectivity index (χ0n) is 15.6. The van der Waals surface area contributed by atoms with Gasteiger partial charge in [0.15, 0.2) is 5.82 Å². The number of H-pyrrole nitrogens is 1. The van der Waals surface area contributed by atoms with Gasteiger partial charge < -0.3 is 15.2 Å². The molecule has 0 aliphatic carbocycles. The number of hydrogen-bond donors (Lipinski definition) is 2. The number of halogens is 2. The van der Waals surface area contributed by atoms with Crippen LogP contribution in [0.3, 0.4) is 0 Å². The molecule has 1 atom stereocenters. The number of rotatable bonds is 4. The maximum Gasteiger partial charge on any atom is 0.245 e. The molecule has 0 spiro atoms. The highest BCUT2D eigenvalue weighted by Gasteiger charge is 2.44. The van der Waals surface area contributed by atoms with Crippen LogP contribution in [0.4, 0.5) is 5.82 Å². The molecule has 9 heteroatoms. The lowest BCUT2D eigenvalue weighted by atomic mass is 9.97. The molecule has 1 amide bonds. The van der Waals surface area contributed by atoms with Crippen molar-refractivity contribution >= 4 is 57.0 Å². The van der Waals surface area contributed by atoms with E-state index >= 15 is 0 Å². The van der Waals surface area contributed by atoms with Gasteiger partial charge in [0, 0.05) is 42.6 Å². The van der Waals surface area contributed by atoms with Crippen LogP contribution in [0.2, 0.25) is 5.02 Å². The molecule has 0 radical (unpaired) electrons. The van der Waals surface area contributed by atoms with Gasteiger partial charge in [0.1, 0.15) is 17.0 Å². The number of amides is 1. The molecule has 1 aliphatic heterocycles. The third-order valence-electron chi connectivity index (χ3n) is 5.19. The molecule has 1 fully saturated rings. The number of pyridine rings is 1. The molecule has 1 aliphatic rings. The van der Waals surface area contributed by atoms with E-state index in [0.717, 1.165) is 45.4 Å². The maximum absolute atomic E-state index is 12.8. The molecule has 28 heavy (non-hydrogen) atoms. The average molecular weight is 511 g/mol. The summed E-state index contributed by atoms with van der Waals surface area (Å²) >= 11 is 8.36. The first-order chi connectivity index (χ1) is 13.4. The fraction of sp³-hybridized carbons (Fsp3) is 0.368. The molecule has 2 N–H and O–H groups in total. The van der Waals surface area contributed by atoms with E-state index in [0.29, 0.717) is 17.4 Å². The summed E-state index contributed by atoms with van der Waals surface area (Å²) in [5, 5.41) is 4.39. The number of aromatic nitrogens is 4. The normalized spacial score (nSPS) is 19.4. The fourth-order valence-corrected chi connectivity index (χ4v) is 4.44. The smallest absolute Gasteiger partial charge is 0.245 e. The second-order valence-corrected chi connectivity index (χ2v) is 8.60. The summed E-state index contributed by atoms with van der Waals surface area (Å²) in [6.45, 7) is 5.31. The zero-order valence-corrected chi connectivity index (χ0v) is 18.5. The maximum atomic E-state index is 12.8. The van der Waals surface area contributed by atoms with Crippen molar-refractivity contribution < 1.29 is 4.79 Å². The Morgan fingerprint density at radius 2 is 2.25 bits per heavy atom. The molecule has 0 aromatic carbocycles. The molecule has 3 aromatic rings. The van der Waals surface area contributed by atoms with Crippen molar-refractivity contribution in [1.82, 2.24) is 25.3 Å². The number of nitrogens with one attached hydrogen (secondary N) is 2. The van der Waals surface area contributed by atoms with E-state index in [1.165, 1.54) is 0 Å². The van der Waals surface area contributed by atoms with Crippen LogP contribution in [0, 0.1) is 3.57 Å². The quantitative estimate of drug-likeness (QED) is 0.522. The summed E-state index contributed by atoms with van der Waals surface area (Å²) in [7, 11) is 0. The van der Waals surface area contributed by atoms with Crippen LogP contribution in [0.5, 0.6) is 0 Å². The Balaban J connectivity index is 1.79. The topological polar surface area (TPSA) is 86.8 Å². The lowest BCUT2D eigenvalue weighted by molar-refractivity contribution is -0.125. The van der Waals surface area contributed by atoms with E-state index in [1.54, 1.807) is 12.4 Å². The molecule has 1 saturated heterocycles. The summed E-state index contributed by atoms with van der Waals surface area (Å²) in [6, 6.07) is 1.85. The zero-order chi connectivity index (χ0) is 19.9. The van der Waals surface area contributed by atoms with E-state index in [1.807, 2.05) is 26.1 Å². The number of fused-ring (bicyclic) bond motifs is 1. The van der Waals surface area contributed by atoms with Crippen LogP contribution >= 0.6 is 34.2 Å². The van der Waals surface area contributed by atoms with Gasteiger partial charge in [0.25, 0.3) is 0 Å². The summed E-state index contributed by atoms with van der Waals surface area (Å²) in [5.41, 5.74) is 0.949. The summed E-state index contributed by atoms with van der Waals surface area (Å²) in [4.78, 5) is 31.7. The van der Waals surface area contributed by atoms with Crippen molar-refractivity contribution in [2.45, 2.75) is 32.2 Å². The average Bonchev–Trinajstić information content (AvgIpc) is 3.27. The van der Waals surface area contributed by atoms with Gasteiger partial charge in [-0.1, -0.05) is 11.6 Å². The van der Waals surface area contributed by atoms with Crippen LogP contribution in [-0.2, 0) is 4.79 Å². The highest BCUT2D eigenvalue weighted by atomic mass is 127. The van der Waals surface area contributed by atoms with Crippen LogP contribution in [0.15, 0.2) is 24.7 Å². The predicted octanol–water partition coefficient (Wildman–Crippen LogP) is 3.77. The summed E-state index contributed by atoms with van der Waals surface area (Å²) < 4.78 is 0.912. The molecule has 3 aromatic heterocycles. The largest absolute Gasteiger partial charge is 0.354 e. The van der Waals surface area contributed by atoms with E-state index in [9.17, 15) is 4.79 Å². The van der Waals surface area contributed by atoms with Crippen LogP contribution in [-0.4, -0.2) is 44.5 Å². The van der Waals surface area contributed by atoms with E-state index < -0.39 is 5.54 Å². The molecule has 4 heterocycles. The lowest BCUT2D eigenvalue weighted by Gasteiger charge is -2.35. The Labute approximate surface area is 181 Å². The summed E-state index contributed by atoms with van der Waals surface area (Å²) in [6.07, 6.45) is 6.97. The molecule has 0 bridgehead atoms. The summed E-state index contributed by atoms with van der Waals surface area (Å²) in [5.74, 6) is 1.39. The monoisotopic (exact) mass is 510 g/mol. The van der Waals surface area contributed by atoms with Gasteiger partial charge >= 0.3 is 0 Å². The Bertz CT molecular complexity index is 1050. The Hall–Kier alpha value is -1.94. The minimum atomic E-state index is -0.618. The highest BCUT2D eigenvalue weighted by Crippen LogP contribution is 2.37. The third kappa shape index (κ3) is 3.22. The molecule has 4 rings (SSSR count). The lowest BCUT2D eigenvalue weighted by Crippen LogP contribution is -2.54.